The zero-order valence-corrected chi connectivity index (χ0v) is 12.1. The van der Waals surface area contributed by atoms with E-state index in [1.54, 1.807) is 50.2 Å². The van der Waals surface area contributed by atoms with Crippen LogP contribution in [0.25, 0.3) is 0 Å². The molecule has 0 saturated carbocycles. The van der Waals surface area contributed by atoms with Crippen molar-refractivity contribution in [3.8, 4) is 0 Å². The second-order valence-electron chi connectivity index (χ2n) is 5.16. The van der Waals surface area contributed by atoms with Crippen LogP contribution in [0.5, 0.6) is 0 Å². The van der Waals surface area contributed by atoms with Gasteiger partial charge in [0.15, 0.2) is 5.78 Å². The first kappa shape index (κ1) is 14.9. The lowest BCUT2D eigenvalue weighted by molar-refractivity contribution is -0.575. The average molecular weight is 283 g/mol. The lowest BCUT2D eigenvalue weighted by Gasteiger charge is -2.19. The summed E-state index contributed by atoms with van der Waals surface area (Å²) >= 11 is 0. The summed E-state index contributed by atoms with van der Waals surface area (Å²) in [6.07, 6.45) is 0.395. The standard InChI is InChI=1S/C17H17NO3/c1-3-17(2,18(20)21)15-11-9-14(10-12-15)16(19)13-7-5-4-6-8-13/h4-12H,3H2,1-2H3/t17-/m1/s1. The predicted octanol–water partition coefficient (Wildman–Crippen LogP) is 3.82. The smallest absolute Gasteiger partial charge is 0.244 e. The molecule has 0 unspecified atom stereocenters. The first-order chi connectivity index (χ1) is 9.99. The first-order valence-electron chi connectivity index (χ1n) is 6.84. The van der Waals surface area contributed by atoms with Crippen molar-refractivity contribution in [2.45, 2.75) is 25.8 Å². The van der Waals surface area contributed by atoms with E-state index in [1.807, 2.05) is 18.2 Å². The lowest BCUT2D eigenvalue weighted by atomic mass is 9.89. The molecule has 1 atom stereocenters. The van der Waals surface area contributed by atoms with Gasteiger partial charge >= 0.3 is 0 Å². The fraction of sp³-hybridized carbons (Fsp3) is 0.235. The molecule has 0 radical (unpaired) electrons. The highest BCUT2D eigenvalue weighted by Gasteiger charge is 2.37. The molecule has 0 aromatic heterocycles. The summed E-state index contributed by atoms with van der Waals surface area (Å²) < 4.78 is 0. The van der Waals surface area contributed by atoms with Crippen LogP contribution in [0.1, 0.15) is 41.8 Å². The second-order valence-corrected chi connectivity index (χ2v) is 5.16. The molecule has 21 heavy (non-hydrogen) atoms. The number of rotatable bonds is 5. The van der Waals surface area contributed by atoms with Crippen LogP contribution >= 0.6 is 0 Å². The summed E-state index contributed by atoms with van der Waals surface area (Å²) in [5.74, 6) is -0.0820. The van der Waals surface area contributed by atoms with Gasteiger partial charge in [-0.1, -0.05) is 61.5 Å². The normalized spacial score (nSPS) is 13.4. The Morgan fingerprint density at radius 2 is 1.57 bits per heavy atom. The van der Waals surface area contributed by atoms with Gasteiger partial charge in [-0.05, 0) is 0 Å². The van der Waals surface area contributed by atoms with Crippen molar-refractivity contribution in [3.05, 3.63) is 81.4 Å². The van der Waals surface area contributed by atoms with E-state index >= 15 is 0 Å². The van der Waals surface area contributed by atoms with Gasteiger partial charge in [0.2, 0.25) is 5.54 Å². The van der Waals surface area contributed by atoms with Crippen molar-refractivity contribution in [1.29, 1.82) is 0 Å². The van der Waals surface area contributed by atoms with E-state index in [1.165, 1.54) is 0 Å². The maximum atomic E-state index is 12.3. The third-order valence-electron chi connectivity index (χ3n) is 3.90. The number of hydrogen-bond acceptors (Lipinski definition) is 3. The number of nitrogens with zero attached hydrogens (tertiary/aromatic N) is 1. The summed E-state index contributed by atoms with van der Waals surface area (Å²) in [6.45, 7) is 3.38. The molecule has 2 rings (SSSR count). The van der Waals surface area contributed by atoms with E-state index in [4.69, 9.17) is 0 Å². The largest absolute Gasteiger partial charge is 0.289 e. The van der Waals surface area contributed by atoms with Crippen LogP contribution in [0, 0.1) is 10.1 Å². The van der Waals surface area contributed by atoms with Gasteiger partial charge in [0, 0.05) is 35.0 Å². The van der Waals surface area contributed by atoms with E-state index in [9.17, 15) is 14.9 Å². The Morgan fingerprint density at radius 1 is 1.05 bits per heavy atom. The first-order valence-corrected chi connectivity index (χ1v) is 6.84. The molecule has 4 nitrogen and oxygen atoms in total. The minimum atomic E-state index is -1.12. The van der Waals surface area contributed by atoms with Crippen LogP contribution in [0.15, 0.2) is 54.6 Å². The van der Waals surface area contributed by atoms with Gasteiger partial charge in [-0.15, -0.1) is 0 Å². The van der Waals surface area contributed by atoms with Crippen molar-refractivity contribution >= 4 is 5.78 Å². The highest BCUT2D eigenvalue weighted by atomic mass is 16.6. The van der Waals surface area contributed by atoms with E-state index < -0.39 is 5.54 Å². The summed E-state index contributed by atoms with van der Waals surface area (Å²) in [5.41, 5.74) is 0.637. The predicted molar refractivity (Wildman–Crippen MR) is 81.0 cm³/mol. The molecule has 0 amide bonds. The van der Waals surface area contributed by atoms with Crippen LogP contribution in [0.4, 0.5) is 0 Å². The van der Waals surface area contributed by atoms with Crippen LogP contribution in [0.2, 0.25) is 0 Å². The Balaban J connectivity index is 2.32. The molecule has 2 aromatic rings. The van der Waals surface area contributed by atoms with Crippen LogP contribution < -0.4 is 0 Å². The highest BCUT2D eigenvalue weighted by molar-refractivity contribution is 6.08. The number of ketones is 1. The third-order valence-corrected chi connectivity index (χ3v) is 3.90. The third kappa shape index (κ3) is 2.84. The summed E-state index contributed by atoms with van der Waals surface area (Å²) in [6, 6.07) is 15.6. The Morgan fingerprint density at radius 3 is 2.05 bits per heavy atom. The van der Waals surface area contributed by atoms with Gasteiger partial charge in [-0.2, -0.15) is 0 Å². The molecule has 4 heteroatoms. The molecule has 0 heterocycles. The van der Waals surface area contributed by atoms with Gasteiger partial charge < -0.3 is 0 Å². The number of hydrogen-bond donors (Lipinski definition) is 0. The van der Waals surface area contributed by atoms with E-state index in [2.05, 4.69) is 0 Å². The van der Waals surface area contributed by atoms with E-state index in [0.717, 1.165) is 0 Å². The van der Waals surface area contributed by atoms with E-state index in [0.29, 0.717) is 23.1 Å². The average Bonchev–Trinajstić information content (AvgIpc) is 2.54. The fourth-order valence-corrected chi connectivity index (χ4v) is 2.18. The Bertz CT molecular complexity index is 649. The maximum Gasteiger partial charge on any atom is 0.244 e. The van der Waals surface area contributed by atoms with Gasteiger partial charge in [0.05, 0.1) is 0 Å². The minimum absolute atomic E-state index is 0.0820. The molecular weight excluding hydrogens is 266 g/mol. The Kier molecular flexibility index (Phi) is 4.17. The summed E-state index contributed by atoms with van der Waals surface area (Å²) in [4.78, 5) is 23.2. The number of nitro groups is 1. The van der Waals surface area contributed by atoms with Crippen molar-refractivity contribution in [2.75, 3.05) is 0 Å². The Hall–Kier alpha value is -2.49. The van der Waals surface area contributed by atoms with Crippen molar-refractivity contribution in [2.24, 2.45) is 0 Å². The number of benzene rings is 2. The van der Waals surface area contributed by atoms with Crippen LogP contribution in [-0.2, 0) is 5.54 Å². The van der Waals surface area contributed by atoms with Crippen molar-refractivity contribution in [3.63, 3.8) is 0 Å². The molecule has 108 valence electrons. The highest BCUT2D eigenvalue weighted by Crippen LogP contribution is 2.28. The number of carbonyl (C=O) groups excluding carboxylic acids is 1. The quantitative estimate of drug-likeness (QED) is 0.476. The minimum Gasteiger partial charge on any atom is -0.289 e. The molecule has 0 fully saturated rings. The van der Waals surface area contributed by atoms with Crippen LogP contribution in [-0.4, -0.2) is 10.7 Å². The SMILES string of the molecule is CC[C@](C)(c1ccc(C(=O)c2ccccc2)cc1)[N+](=O)[O-]. The molecule has 0 N–H and O–H groups in total. The molecule has 0 aliphatic rings. The zero-order chi connectivity index (χ0) is 15.5. The maximum absolute atomic E-state index is 12.3. The van der Waals surface area contributed by atoms with Crippen LogP contribution in [0.3, 0.4) is 0 Å². The molecule has 0 aliphatic carbocycles. The molecule has 0 aliphatic heterocycles. The van der Waals surface area contributed by atoms with Gasteiger partial charge in [-0.25, -0.2) is 0 Å². The topological polar surface area (TPSA) is 60.2 Å². The monoisotopic (exact) mass is 283 g/mol. The number of carbonyl (C=O) groups is 1. The van der Waals surface area contributed by atoms with Crippen molar-refractivity contribution < 1.29 is 9.72 Å². The molecule has 0 spiro atoms. The summed E-state index contributed by atoms with van der Waals surface area (Å²) in [7, 11) is 0. The van der Waals surface area contributed by atoms with Gasteiger partial charge in [0.1, 0.15) is 0 Å². The molecule has 0 saturated heterocycles. The molecule has 2 aromatic carbocycles. The molecular formula is C17H17NO3. The summed E-state index contributed by atoms with van der Waals surface area (Å²) in [5, 5.41) is 11.2. The van der Waals surface area contributed by atoms with E-state index in [-0.39, 0.29) is 10.7 Å². The zero-order valence-electron chi connectivity index (χ0n) is 12.1. The molecule has 0 bridgehead atoms. The van der Waals surface area contributed by atoms with Crippen molar-refractivity contribution in [1.82, 2.24) is 0 Å². The second kappa shape index (κ2) is 5.87. The van der Waals surface area contributed by atoms with Gasteiger partial charge in [0.25, 0.3) is 0 Å². The Labute approximate surface area is 123 Å². The van der Waals surface area contributed by atoms with Gasteiger partial charge in [-0.3, -0.25) is 14.9 Å². The fourth-order valence-electron chi connectivity index (χ4n) is 2.18. The lowest BCUT2D eigenvalue weighted by Crippen LogP contribution is -2.30.